The van der Waals surface area contributed by atoms with Crippen molar-refractivity contribution in [2.24, 2.45) is 0 Å². The van der Waals surface area contributed by atoms with E-state index in [4.69, 9.17) is 9.72 Å². The lowest BCUT2D eigenvalue weighted by Crippen LogP contribution is -2.22. The Kier molecular flexibility index (Phi) is 4.84. The molecule has 0 aliphatic heterocycles. The molecule has 0 bridgehead atoms. The smallest absolute Gasteiger partial charge is 0.339 e. The van der Waals surface area contributed by atoms with Gasteiger partial charge < -0.3 is 10.1 Å². The van der Waals surface area contributed by atoms with Crippen molar-refractivity contribution in [3.63, 3.8) is 0 Å². The molecule has 0 saturated carbocycles. The molecule has 150 valence electrons. The normalized spacial score (nSPS) is 13.2. The van der Waals surface area contributed by atoms with Gasteiger partial charge in [-0.1, -0.05) is 24.3 Å². The number of benzene rings is 2. The van der Waals surface area contributed by atoms with Gasteiger partial charge in [0, 0.05) is 11.1 Å². The molecule has 7 nitrogen and oxygen atoms in total. The molecule has 0 fully saturated rings. The quantitative estimate of drug-likeness (QED) is 0.505. The number of fused-ring (bicyclic) bond motifs is 3. The molecule has 8 heteroatoms. The minimum absolute atomic E-state index is 0.377. The molecular weight excluding hydrogens is 400 g/mol. The van der Waals surface area contributed by atoms with E-state index in [1.165, 1.54) is 0 Å². The zero-order valence-corrected chi connectivity index (χ0v) is 16.9. The fourth-order valence-electron chi connectivity index (χ4n) is 3.90. The van der Waals surface area contributed by atoms with Crippen molar-refractivity contribution < 1.29 is 14.3 Å². The topological polar surface area (TPSA) is 94.1 Å². The lowest BCUT2D eigenvalue weighted by atomic mass is 9.90. The number of hydrogen-bond donors (Lipinski definition) is 1. The number of nitrogens with zero attached hydrogens (tertiary/aromatic N) is 3. The SMILES string of the molecule is O=C(COC(=O)c1c2c(nc3ccccc13)CCCC2)Nc1cccc2nsnc12. The van der Waals surface area contributed by atoms with E-state index in [-0.39, 0.29) is 6.61 Å². The van der Waals surface area contributed by atoms with E-state index in [2.05, 4.69) is 14.1 Å². The fraction of sp³-hybridized carbons (Fsp3) is 0.227. The van der Waals surface area contributed by atoms with Crippen LogP contribution in [0.4, 0.5) is 5.69 Å². The molecule has 0 unspecified atom stereocenters. The second-order valence-electron chi connectivity index (χ2n) is 7.20. The van der Waals surface area contributed by atoms with Gasteiger partial charge in [0.1, 0.15) is 11.0 Å². The van der Waals surface area contributed by atoms with Crippen LogP contribution in [-0.2, 0) is 22.4 Å². The number of rotatable bonds is 4. The number of anilines is 1. The zero-order chi connectivity index (χ0) is 20.5. The number of para-hydroxylation sites is 1. The lowest BCUT2D eigenvalue weighted by Gasteiger charge is -2.19. The van der Waals surface area contributed by atoms with Crippen LogP contribution in [-0.4, -0.2) is 32.2 Å². The van der Waals surface area contributed by atoms with Crippen molar-refractivity contribution in [3.8, 4) is 0 Å². The Labute approximate surface area is 176 Å². The van der Waals surface area contributed by atoms with E-state index in [0.717, 1.165) is 59.6 Å². The summed E-state index contributed by atoms with van der Waals surface area (Å²) in [5, 5.41) is 3.52. The van der Waals surface area contributed by atoms with E-state index in [1.54, 1.807) is 12.1 Å². The molecule has 0 radical (unpaired) electrons. The van der Waals surface area contributed by atoms with Gasteiger partial charge in [-0.05, 0) is 49.4 Å². The number of aromatic nitrogens is 3. The molecule has 1 aliphatic rings. The summed E-state index contributed by atoms with van der Waals surface area (Å²) >= 11 is 1.08. The van der Waals surface area contributed by atoms with Crippen molar-refractivity contribution in [2.45, 2.75) is 25.7 Å². The third kappa shape index (κ3) is 3.39. The molecule has 1 aliphatic carbocycles. The number of amides is 1. The molecule has 2 heterocycles. The summed E-state index contributed by atoms with van der Waals surface area (Å²) in [4.78, 5) is 30.2. The monoisotopic (exact) mass is 418 g/mol. The first-order chi connectivity index (χ1) is 14.7. The number of ether oxygens (including phenoxy) is 1. The van der Waals surface area contributed by atoms with Gasteiger partial charge in [-0.2, -0.15) is 8.75 Å². The number of aryl methyl sites for hydroxylation is 1. The first kappa shape index (κ1) is 18.6. The van der Waals surface area contributed by atoms with Gasteiger partial charge in [0.05, 0.1) is 28.5 Å². The van der Waals surface area contributed by atoms with Crippen LogP contribution >= 0.6 is 11.7 Å². The van der Waals surface area contributed by atoms with Gasteiger partial charge >= 0.3 is 5.97 Å². The number of hydrogen-bond acceptors (Lipinski definition) is 7. The van der Waals surface area contributed by atoms with Crippen LogP contribution in [0.1, 0.15) is 34.5 Å². The van der Waals surface area contributed by atoms with Crippen LogP contribution in [0.5, 0.6) is 0 Å². The summed E-state index contributed by atoms with van der Waals surface area (Å²) in [5.41, 5.74) is 5.10. The Hall–Kier alpha value is -3.39. The van der Waals surface area contributed by atoms with E-state index in [9.17, 15) is 9.59 Å². The highest BCUT2D eigenvalue weighted by atomic mass is 32.1. The molecule has 1 N–H and O–H groups in total. The van der Waals surface area contributed by atoms with E-state index >= 15 is 0 Å². The summed E-state index contributed by atoms with van der Waals surface area (Å²) < 4.78 is 13.8. The van der Waals surface area contributed by atoms with Gasteiger partial charge in [-0.15, -0.1) is 0 Å². The zero-order valence-electron chi connectivity index (χ0n) is 16.1. The standard InChI is InChI=1S/C22H18N4O3S/c27-19(24-17-10-5-11-18-21(17)26-30-25-18)12-29-22(28)20-13-6-1-3-8-15(13)23-16-9-4-2-7-14(16)20/h1,3,5-6,8,10-11H,2,4,7,9,12H2,(H,24,27). The maximum Gasteiger partial charge on any atom is 0.339 e. The summed E-state index contributed by atoms with van der Waals surface area (Å²) in [5.74, 6) is -0.911. The molecule has 30 heavy (non-hydrogen) atoms. The number of carbonyl (C=O) groups is 2. The van der Waals surface area contributed by atoms with E-state index < -0.39 is 11.9 Å². The van der Waals surface area contributed by atoms with Crippen LogP contribution in [0.15, 0.2) is 42.5 Å². The third-order valence-corrected chi connectivity index (χ3v) is 5.81. The van der Waals surface area contributed by atoms with Crippen molar-refractivity contribution in [1.29, 1.82) is 0 Å². The van der Waals surface area contributed by atoms with Crippen LogP contribution in [0.3, 0.4) is 0 Å². The van der Waals surface area contributed by atoms with Crippen LogP contribution < -0.4 is 5.32 Å². The average molecular weight is 418 g/mol. The van der Waals surface area contributed by atoms with Crippen LogP contribution in [0.25, 0.3) is 21.9 Å². The van der Waals surface area contributed by atoms with Crippen molar-refractivity contribution >= 4 is 51.2 Å². The summed E-state index contributed by atoms with van der Waals surface area (Å²) in [6.07, 6.45) is 3.72. The molecule has 0 saturated heterocycles. The van der Waals surface area contributed by atoms with Gasteiger partial charge in [-0.3, -0.25) is 9.78 Å². The molecule has 4 aromatic rings. The highest BCUT2D eigenvalue weighted by Crippen LogP contribution is 2.30. The predicted molar refractivity (Wildman–Crippen MR) is 115 cm³/mol. The average Bonchev–Trinajstić information content (AvgIpc) is 3.26. The third-order valence-electron chi connectivity index (χ3n) is 5.27. The Balaban J connectivity index is 1.37. The minimum Gasteiger partial charge on any atom is -0.452 e. The van der Waals surface area contributed by atoms with E-state index in [0.29, 0.717) is 22.3 Å². The van der Waals surface area contributed by atoms with Gasteiger partial charge in [0.2, 0.25) is 0 Å². The number of pyridine rings is 1. The molecular formula is C22H18N4O3S. The highest BCUT2D eigenvalue weighted by Gasteiger charge is 2.24. The molecule has 0 atom stereocenters. The summed E-state index contributed by atoms with van der Waals surface area (Å²) in [6, 6.07) is 12.9. The Morgan fingerprint density at radius 2 is 1.83 bits per heavy atom. The second-order valence-corrected chi connectivity index (χ2v) is 7.73. The van der Waals surface area contributed by atoms with Gasteiger partial charge in [0.15, 0.2) is 6.61 Å². The maximum absolute atomic E-state index is 13.0. The van der Waals surface area contributed by atoms with Crippen LogP contribution in [0, 0.1) is 0 Å². The van der Waals surface area contributed by atoms with Crippen LogP contribution in [0.2, 0.25) is 0 Å². The van der Waals surface area contributed by atoms with Gasteiger partial charge in [-0.25, -0.2) is 4.79 Å². The second kappa shape index (κ2) is 7.79. The highest BCUT2D eigenvalue weighted by molar-refractivity contribution is 7.00. The Bertz CT molecular complexity index is 1280. The molecule has 0 spiro atoms. The first-order valence-corrected chi connectivity index (χ1v) is 10.5. The lowest BCUT2D eigenvalue weighted by molar-refractivity contribution is -0.119. The maximum atomic E-state index is 13.0. The molecule has 2 aromatic heterocycles. The fourth-order valence-corrected chi connectivity index (χ4v) is 4.45. The number of esters is 1. The van der Waals surface area contributed by atoms with Crippen molar-refractivity contribution in [1.82, 2.24) is 13.7 Å². The van der Waals surface area contributed by atoms with E-state index in [1.807, 2.05) is 30.3 Å². The van der Waals surface area contributed by atoms with Gasteiger partial charge in [0.25, 0.3) is 5.91 Å². The Morgan fingerprint density at radius 1 is 1.00 bits per heavy atom. The van der Waals surface area contributed by atoms with Crippen molar-refractivity contribution in [2.75, 3.05) is 11.9 Å². The predicted octanol–water partition coefficient (Wildman–Crippen LogP) is 3.91. The first-order valence-electron chi connectivity index (χ1n) is 9.79. The Morgan fingerprint density at radius 3 is 2.77 bits per heavy atom. The molecule has 5 rings (SSSR count). The summed E-state index contributed by atoms with van der Waals surface area (Å²) in [7, 11) is 0. The molecule has 1 amide bonds. The minimum atomic E-state index is -0.490. The van der Waals surface area contributed by atoms with Crippen molar-refractivity contribution in [3.05, 3.63) is 59.3 Å². The largest absolute Gasteiger partial charge is 0.452 e. The summed E-state index contributed by atoms with van der Waals surface area (Å²) in [6.45, 7) is -0.377. The number of nitrogens with one attached hydrogen (secondary N) is 1. The molecule has 2 aromatic carbocycles. The number of carbonyl (C=O) groups excluding carboxylic acids is 2.